The number of rotatable bonds is 6. The second-order valence-electron chi connectivity index (χ2n) is 13.4. The molecule has 0 spiro atoms. The number of para-hydroxylation sites is 1. The summed E-state index contributed by atoms with van der Waals surface area (Å²) in [5, 5.41) is 0. The number of fused-ring (bicyclic) bond motifs is 3. The van der Waals surface area contributed by atoms with Crippen molar-refractivity contribution in [3.63, 3.8) is 0 Å². The van der Waals surface area contributed by atoms with E-state index >= 15 is 0 Å². The Labute approximate surface area is 286 Å². The molecule has 0 aromatic heterocycles. The van der Waals surface area contributed by atoms with Crippen molar-refractivity contribution in [1.29, 1.82) is 0 Å². The summed E-state index contributed by atoms with van der Waals surface area (Å²) in [6.07, 6.45) is 3.03. The highest BCUT2D eigenvalue weighted by atomic mass is 32.3. The number of hydrogen-bond acceptors (Lipinski definition) is 6. The maximum Gasteiger partial charge on any atom is 0.238 e. The van der Waals surface area contributed by atoms with E-state index in [-0.39, 0.29) is 40.9 Å². The Morgan fingerprint density at radius 2 is 1.14 bits per heavy atom. The van der Waals surface area contributed by atoms with Crippen molar-refractivity contribution in [3.8, 4) is 0 Å². The van der Waals surface area contributed by atoms with Gasteiger partial charge < -0.3 is 0 Å². The van der Waals surface area contributed by atoms with Crippen LogP contribution in [0.5, 0.6) is 0 Å². The van der Waals surface area contributed by atoms with Gasteiger partial charge in [-0.15, -0.1) is 0 Å². The molecule has 8 rings (SSSR count). The first-order chi connectivity index (χ1) is 23.7. The third-order valence-electron chi connectivity index (χ3n) is 11.1. The first-order valence-corrected chi connectivity index (χ1v) is 19.6. The van der Waals surface area contributed by atoms with Gasteiger partial charge in [0, 0.05) is 18.3 Å². The Bertz CT molecular complexity index is 2160. The van der Waals surface area contributed by atoms with E-state index in [4.69, 9.17) is 0 Å². The number of benzene rings is 4. The summed E-state index contributed by atoms with van der Waals surface area (Å²) < 4.78 is 57.0. The fraction of sp³-hybridized carbons (Fsp3) is 0.250. The van der Waals surface area contributed by atoms with Crippen molar-refractivity contribution < 1.29 is 26.4 Å². The number of carbonyl (C=O) groups is 2. The highest BCUT2D eigenvalue weighted by molar-refractivity contribution is 8.10. The van der Waals surface area contributed by atoms with Crippen molar-refractivity contribution in [2.45, 2.75) is 51.9 Å². The SMILES string of the molecule is O=C1[C@H]2[C@@H](c3ccccc3)C3=C(C[C@H]2C(=O)N1c1ccccc1)[C@H]1CC(S(=O)(=O)c2ccccc2)(S(=O)(=O)c2ccccc2)CC=C1CC3. The summed E-state index contributed by atoms with van der Waals surface area (Å²) in [7, 11) is -8.90. The molecule has 2 amide bonds. The molecule has 0 bridgehead atoms. The molecular weight excluding hydrogens is 655 g/mol. The zero-order valence-electron chi connectivity index (χ0n) is 26.7. The minimum absolute atomic E-state index is 0.0442. The van der Waals surface area contributed by atoms with Gasteiger partial charge in [-0.3, -0.25) is 14.5 Å². The third-order valence-corrected chi connectivity index (χ3v) is 16.8. The predicted octanol–water partition coefficient (Wildman–Crippen LogP) is 7.05. The summed E-state index contributed by atoms with van der Waals surface area (Å²) in [4.78, 5) is 29.8. The number of imide groups is 1. The van der Waals surface area contributed by atoms with Gasteiger partial charge >= 0.3 is 0 Å². The third kappa shape index (κ3) is 4.73. The molecule has 9 heteroatoms. The number of hydrogen-bond donors (Lipinski definition) is 0. The Balaban J connectivity index is 1.30. The second kappa shape index (κ2) is 11.8. The van der Waals surface area contributed by atoms with Crippen LogP contribution < -0.4 is 4.90 Å². The molecule has 248 valence electrons. The van der Waals surface area contributed by atoms with Gasteiger partial charge in [0.05, 0.1) is 27.3 Å². The van der Waals surface area contributed by atoms with Crippen LogP contribution in [0.4, 0.5) is 5.69 Å². The molecule has 0 unspecified atom stereocenters. The van der Waals surface area contributed by atoms with Gasteiger partial charge in [0.2, 0.25) is 11.8 Å². The quantitative estimate of drug-likeness (QED) is 0.159. The molecule has 7 nitrogen and oxygen atoms in total. The average molecular weight is 690 g/mol. The van der Waals surface area contributed by atoms with E-state index in [0.29, 0.717) is 18.5 Å². The molecule has 4 aromatic rings. The topological polar surface area (TPSA) is 106 Å². The second-order valence-corrected chi connectivity index (χ2v) is 18.2. The highest BCUT2D eigenvalue weighted by Crippen LogP contribution is 2.59. The smallest absolute Gasteiger partial charge is 0.238 e. The molecule has 49 heavy (non-hydrogen) atoms. The lowest BCUT2D eigenvalue weighted by Crippen LogP contribution is -2.50. The number of carbonyl (C=O) groups excluding carboxylic acids is 2. The fourth-order valence-corrected chi connectivity index (χ4v) is 13.8. The zero-order valence-corrected chi connectivity index (χ0v) is 28.3. The summed E-state index contributed by atoms with van der Waals surface area (Å²) in [6, 6.07) is 34.4. The first-order valence-electron chi connectivity index (χ1n) is 16.6. The summed E-state index contributed by atoms with van der Waals surface area (Å²) in [5.74, 6) is -2.71. The van der Waals surface area contributed by atoms with Crippen LogP contribution in [-0.4, -0.2) is 32.7 Å². The molecule has 4 aromatic carbocycles. The molecule has 3 aliphatic carbocycles. The molecule has 0 N–H and O–H groups in total. The summed E-state index contributed by atoms with van der Waals surface area (Å²) in [6.45, 7) is 0. The molecular formula is C40H35NO6S2. The van der Waals surface area contributed by atoms with E-state index in [1.54, 1.807) is 60.7 Å². The normalized spacial score (nSPS) is 24.9. The van der Waals surface area contributed by atoms with E-state index in [1.165, 1.54) is 29.2 Å². The number of anilines is 1. The van der Waals surface area contributed by atoms with Crippen LogP contribution in [-0.2, 0) is 29.3 Å². The van der Waals surface area contributed by atoms with Crippen molar-refractivity contribution in [2.24, 2.45) is 17.8 Å². The van der Waals surface area contributed by atoms with Gasteiger partial charge in [0.1, 0.15) is 0 Å². The van der Waals surface area contributed by atoms with Gasteiger partial charge in [-0.2, -0.15) is 0 Å². The maximum absolute atomic E-state index is 14.8. The van der Waals surface area contributed by atoms with Crippen LogP contribution in [0.15, 0.2) is 154 Å². The van der Waals surface area contributed by atoms with Crippen molar-refractivity contribution in [3.05, 3.63) is 150 Å². The molecule has 1 saturated heterocycles. The zero-order chi connectivity index (χ0) is 34.0. The Morgan fingerprint density at radius 3 is 1.71 bits per heavy atom. The molecule has 1 fully saturated rings. The van der Waals surface area contributed by atoms with Gasteiger partial charge in [-0.25, -0.2) is 16.8 Å². The number of amides is 2. The predicted molar refractivity (Wildman–Crippen MR) is 187 cm³/mol. The van der Waals surface area contributed by atoms with Crippen LogP contribution in [0.1, 0.15) is 43.6 Å². The molecule has 1 aliphatic heterocycles. The lowest BCUT2D eigenvalue weighted by atomic mass is 9.60. The van der Waals surface area contributed by atoms with Crippen LogP contribution in [0.2, 0.25) is 0 Å². The average Bonchev–Trinajstić information content (AvgIpc) is 3.39. The molecule has 0 saturated carbocycles. The summed E-state index contributed by atoms with van der Waals surface area (Å²) >= 11 is 0. The number of sulfone groups is 2. The van der Waals surface area contributed by atoms with Gasteiger partial charge in [0.25, 0.3) is 0 Å². The lowest BCUT2D eigenvalue weighted by molar-refractivity contribution is -0.122. The van der Waals surface area contributed by atoms with E-state index < -0.39 is 47.4 Å². The monoisotopic (exact) mass is 689 g/mol. The minimum Gasteiger partial charge on any atom is -0.274 e. The molecule has 4 aliphatic rings. The van der Waals surface area contributed by atoms with Crippen LogP contribution in [0, 0.1) is 17.8 Å². The highest BCUT2D eigenvalue weighted by Gasteiger charge is 2.61. The minimum atomic E-state index is -4.45. The van der Waals surface area contributed by atoms with Crippen LogP contribution in [0.3, 0.4) is 0 Å². The van der Waals surface area contributed by atoms with Gasteiger partial charge in [-0.05, 0) is 67.6 Å². The molecule has 4 atom stereocenters. The van der Waals surface area contributed by atoms with E-state index in [9.17, 15) is 26.4 Å². The number of allylic oxidation sites excluding steroid dienone is 4. The Hall–Kier alpha value is -4.60. The van der Waals surface area contributed by atoms with Crippen molar-refractivity contribution >= 4 is 37.2 Å². The Morgan fingerprint density at radius 1 is 0.612 bits per heavy atom. The molecule has 0 radical (unpaired) electrons. The van der Waals surface area contributed by atoms with Crippen LogP contribution >= 0.6 is 0 Å². The van der Waals surface area contributed by atoms with Gasteiger partial charge in [-0.1, -0.05) is 108 Å². The summed E-state index contributed by atoms with van der Waals surface area (Å²) in [5.41, 5.74) is 4.37. The van der Waals surface area contributed by atoms with E-state index in [2.05, 4.69) is 0 Å². The van der Waals surface area contributed by atoms with Crippen molar-refractivity contribution in [2.75, 3.05) is 4.90 Å². The molecule has 1 heterocycles. The van der Waals surface area contributed by atoms with Gasteiger partial charge in [0.15, 0.2) is 23.8 Å². The standard InChI is InChI=1S/C40H35NO6S2/c42-38-34-25-33-32(36(28-13-5-1-6-14-28)37(34)39(43)41(38)29-15-7-2-8-16-29)22-21-27-23-24-40(26-35(27)33,48(44,45)30-17-9-3-10-18-30)49(46,47)31-19-11-4-12-20-31/h1-20,23,34-37H,21-22,24-26H2/t34-,35+,36+,37-/m1/s1. The first kappa shape index (κ1) is 31.7. The van der Waals surface area contributed by atoms with Crippen molar-refractivity contribution in [1.82, 2.24) is 0 Å². The van der Waals surface area contributed by atoms with Crippen LogP contribution in [0.25, 0.3) is 0 Å². The fourth-order valence-electron chi connectivity index (χ4n) is 8.77. The number of nitrogens with zero attached hydrogens (tertiary/aromatic N) is 1. The van der Waals surface area contributed by atoms with E-state index in [0.717, 1.165) is 22.3 Å². The lowest BCUT2D eigenvalue weighted by Gasteiger charge is -2.46. The maximum atomic E-state index is 14.8. The van der Waals surface area contributed by atoms with E-state index in [1.807, 2.05) is 42.5 Å². The largest absolute Gasteiger partial charge is 0.274 e. The Kier molecular flexibility index (Phi) is 7.61.